The summed E-state index contributed by atoms with van der Waals surface area (Å²) in [6.07, 6.45) is 6.41. The Hall–Kier alpha value is -0.610. The number of rotatable bonds is 4. The molecule has 0 aromatic heterocycles. The van der Waals surface area contributed by atoms with Crippen LogP contribution >= 0.6 is 0 Å². The standard InChI is InChI=1S/C14H25NO3/c1-11(16)9-12-5-2-3-7-15(12)14(17)10-13-6-4-8-18-13/h11-13,16H,2-10H2,1H3. The van der Waals surface area contributed by atoms with Gasteiger partial charge in [-0.3, -0.25) is 4.79 Å². The number of hydrogen-bond acceptors (Lipinski definition) is 3. The molecule has 0 aliphatic carbocycles. The van der Waals surface area contributed by atoms with Gasteiger partial charge in [0.25, 0.3) is 0 Å². The van der Waals surface area contributed by atoms with Gasteiger partial charge in [-0.25, -0.2) is 0 Å². The number of carbonyl (C=O) groups excluding carboxylic acids is 1. The van der Waals surface area contributed by atoms with Gasteiger partial charge >= 0.3 is 0 Å². The molecule has 3 atom stereocenters. The highest BCUT2D eigenvalue weighted by molar-refractivity contribution is 5.77. The molecule has 0 saturated carbocycles. The fourth-order valence-corrected chi connectivity index (χ4v) is 3.09. The first-order chi connectivity index (χ1) is 8.66. The molecule has 1 N–H and O–H groups in total. The van der Waals surface area contributed by atoms with E-state index in [1.165, 1.54) is 6.42 Å². The maximum absolute atomic E-state index is 12.3. The van der Waals surface area contributed by atoms with Crippen LogP contribution in [-0.2, 0) is 9.53 Å². The second kappa shape index (κ2) is 6.53. The summed E-state index contributed by atoms with van der Waals surface area (Å²) in [6.45, 7) is 3.45. The number of piperidine rings is 1. The smallest absolute Gasteiger partial charge is 0.225 e. The first-order valence-corrected chi connectivity index (χ1v) is 7.26. The van der Waals surface area contributed by atoms with Crippen molar-refractivity contribution in [2.45, 2.75) is 70.1 Å². The fourth-order valence-electron chi connectivity index (χ4n) is 3.09. The summed E-state index contributed by atoms with van der Waals surface area (Å²) >= 11 is 0. The highest BCUT2D eigenvalue weighted by atomic mass is 16.5. The van der Waals surface area contributed by atoms with Crippen molar-refractivity contribution < 1.29 is 14.6 Å². The van der Waals surface area contributed by atoms with Gasteiger partial charge in [0.15, 0.2) is 0 Å². The molecule has 18 heavy (non-hydrogen) atoms. The van der Waals surface area contributed by atoms with Crippen LogP contribution in [0.4, 0.5) is 0 Å². The van der Waals surface area contributed by atoms with E-state index in [0.717, 1.165) is 38.8 Å². The van der Waals surface area contributed by atoms with Crippen LogP contribution in [0.15, 0.2) is 0 Å². The lowest BCUT2D eigenvalue weighted by atomic mass is 9.96. The van der Waals surface area contributed by atoms with Gasteiger partial charge in [-0.15, -0.1) is 0 Å². The Morgan fingerprint density at radius 3 is 2.89 bits per heavy atom. The Labute approximate surface area is 109 Å². The largest absolute Gasteiger partial charge is 0.393 e. The number of nitrogens with zero attached hydrogens (tertiary/aromatic N) is 1. The molecule has 104 valence electrons. The molecule has 4 heteroatoms. The van der Waals surface area contributed by atoms with E-state index in [4.69, 9.17) is 4.74 Å². The molecule has 3 unspecified atom stereocenters. The van der Waals surface area contributed by atoms with Crippen LogP contribution in [-0.4, -0.2) is 47.3 Å². The van der Waals surface area contributed by atoms with Gasteiger partial charge in [0, 0.05) is 19.2 Å². The fraction of sp³-hybridized carbons (Fsp3) is 0.929. The summed E-state index contributed by atoms with van der Waals surface area (Å²) in [6, 6.07) is 0.229. The lowest BCUT2D eigenvalue weighted by molar-refractivity contribution is -0.137. The van der Waals surface area contributed by atoms with Gasteiger partial charge in [-0.1, -0.05) is 0 Å². The first-order valence-electron chi connectivity index (χ1n) is 7.26. The van der Waals surface area contributed by atoms with Crippen LogP contribution < -0.4 is 0 Å². The number of carbonyl (C=O) groups is 1. The van der Waals surface area contributed by atoms with Crippen molar-refractivity contribution in [2.75, 3.05) is 13.2 Å². The Balaban J connectivity index is 1.88. The number of hydrogen-bond donors (Lipinski definition) is 1. The zero-order valence-electron chi connectivity index (χ0n) is 11.3. The van der Waals surface area contributed by atoms with Crippen molar-refractivity contribution in [1.29, 1.82) is 0 Å². The summed E-state index contributed by atoms with van der Waals surface area (Å²) in [5, 5.41) is 9.53. The van der Waals surface area contributed by atoms with E-state index in [0.29, 0.717) is 12.8 Å². The summed E-state index contributed by atoms with van der Waals surface area (Å²) in [5.74, 6) is 0.215. The highest BCUT2D eigenvalue weighted by Gasteiger charge is 2.29. The molecule has 2 heterocycles. The van der Waals surface area contributed by atoms with E-state index in [1.807, 2.05) is 4.90 Å². The minimum absolute atomic E-state index is 0.131. The molecule has 2 saturated heterocycles. The van der Waals surface area contributed by atoms with E-state index in [2.05, 4.69) is 0 Å². The lowest BCUT2D eigenvalue weighted by Crippen LogP contribution is -2.45. The third-order valence-corrected chi connectivity index (χ3v) is 3.99. The molecule has 0 aromatic carbocycles. The molecule has 4 nitrogen and oxygen atoms in total. The molecule has 0 aromatic rings. The van der Waals surface area contributed by atoms with Crippen LogP contribution in [0.25, 0.3) is 0 Å². The summed E-state index contributed by atoms with van der Waals surface area (Å²) in [5.41, 5.74) is 0. The predicted molar refractivity (Wildman–Crippen MR) is 69.2 cm³/mol. The molecule has 2 rings (SSSR count). The second-order valence-corrected chi connectivity index (χ2v) is 5.66. The third kappa shape index (κ3) is 3.69. The van der Waals surface area contributed by atoms with Crippen LogP contribution in [0, 0.1) is 0 Å². The molecule has 0 spiro atoms. The zero-order chi connectivity index (χ0) is 13.0. The van der Waals surface area contributed by atoms with Crippen LogP contribution in [0.3, 0.4) is 0 Å². The molecule has 2 aliphatic heterocycles. The van der Waals surface area contributed by atoms with E-state index in [1.54, 1.807) is 6.92 Å². The maximum atomic E-state index is 12.3. The minimum Gasteiger partial charge on any atom is -0.393 e. The van der Waals surface area contributed by atoms with Crippen molar-refractivity contribution in [2.24, 2.45) is 0 Å². The molecule has 0 radical (unpaired) electrons. The summed E-state index contributed by atoms with van der Waals surface area (Å²) in [4.78, 5) is 14.3. The van der Waals surface area contributed by atoms with Crippen molar-refractivity contribution >= 4 is 5.91 Å². The number of likely N-dealkylation sites (tertiary alicyclic amines) is 1. The average molecular weight is 255 g/mol. The summed E-state index contributed by atoms with van der Waals surface area (Å²) < 4.78 is 5.53. The maximum Gasteiger partial charge on any atom is 0.225 e. The number of ether oxygens (including phenoxy) is 1. The zero-order valence-corrected chi connectivity index (χ0v) is 11.3. The topological polar surface area (TPSA) is 49.8 Å². The van der Waals surface area contributed by atoms with Crippen LogP contribution in [0.1, 0.15) is 51.9 Å². The highest BCUT2D eigenvalue weighted by Crippen LogP contribution is 2.24. The third-order valence-electron chi connectivity index (χ3n) is 3.99. The molecule has 1 amide bonds. The van der Waals surface area contributed by atoms with Gasteiger partial charge in [0.05, 0.1) is 18.6 Å². The minimum atomic E-state index is -0.328. The van der Waals surface area contributed by atoms with Gasteiger partial charge in [-0.2, -0.15) is 0 Å². The Morgan fingerprint density at radius 1 is 1.39 bits per heavy atom. The SMILES string of the molecule is CC(O)CC1CCCCN1C(=O)CC1CCCO1. The second-order valence-electron chi connectivity index (χ2n) is 5.66. The lowest BCUT2D eigenvalue weighted by Gasteiger charge is -2.37. The first kappa shape index (κ1) is 13.8. The quantitative estimate of drug-likeness (QED) is 0.832. The number of amides is 1. The van der Waals surface area contributed by atoms with E-state index < -0.39 is 0 Å². The monoisotopic (exact) mass is 255 g/mol. The normalized spacial score (nSPS) is 30.4. The molecular formula is C14H25NO3. The Morgan fingerprint density at radius 2 is 2.22 bits per heavy atom. The van der Waals surface area contributed by atoms with Gasteiger partial charge in [-0.05, 0) is 45.4 Å². The van der Waals surface area contributed by atoms with Gasteiger partial charge in [0.1, 0.15) is 0 Å². The van der Waals surface area contributed by atoms with Crippen molar-refractivity contribution in [3.05, 3.63) is 0 Å². The van der Waals surface area contributed by atoms with Crippen LogP contribution in [0.5, 0.6) is 0 Å². The van der Waals surface area contributed by atoms with E-state index in [-0.39, 0.29) is 24.2 Å². The number of aliphatic hydroxyl groups excluding tert-OH is 1. The van der Waals surface area contributed by atoms with Crippen molar-refractivity contribution in [1.82, 2.24) is 4.90 Å². The van der Waals surface area contributed by atoms with Crippen molar-refractivity contribution in [3.8, 4) is 0 Å². The molecule has 2 fully saturated rings. The molecular weight excluding hydrogens is 230 g/mol. The van der Waals surface area contributed by atoms with Gasteiger partial charge in [0.2, 0.25) is 5.91 Å². The summed E-state index contributed by atoms with van der Waals surface area (Å²) in [7, 11) is 0. The molecule has 2 aliphatic rings. The van der Waals surface area contributed by atoms with Gasteiger partial charge < -0.3 is 14.7 Å². The Bertz CT molecular complexity index is 274. The van der Waals surface area contributed by atoms with Crippen LogP contribution in [0.2, 0.25) is 0 Å². The predicted octanol–water partition coefficient (Wildman–Crippen LogP) is 1.71. The van der Waals surface area contributed by atoms with E-state index >= 15 is 0 Å². The molecule has 0 bridgehead atoms. The van der Waals surface area contributed by atoms with E-state index in [9.17, 15) is 9.90 Å². The number of aliphatic hydroxyl groups is 1. The average Bonchev–Trinajstić information content (AvgIpc) is 2.81. The Kier molecular flexibility index (Phi) is 5.01. The van der Waals surface area contributed by atoms with Crippen molar-refractivity contribution in [3.63, 3.8) is 0 Å².